The van der Waals surface area contributed by atoms with Gasteiger partial charge >= 0.3 is 0 Å². The number of aromatic nitrogens is 2. The number of anilines is 1. The molecule has 1 aromatic heterocycles. The summed E-state index contributed by atoms with van der Waals surface area (Å²) >= 11 is 0. The van der Waals surface area contributed by atoms with Crippen molar-refractivity contribution in [3.63, 3.8) is 0 Å². The van der Waals surface area contributed by atoms with E-state index in [9.17, 15) is 5.11 Å². The molecule has 1 aromatic rings. The first-order valence-corrected chi connectivity index (χ1v) is 4.06. The van der Waals surface area contributed by atoms with Gasteiger partial charge in [-0.1, -0.05) is 0 Å². The van der Waals surface area contributed by atoms with Gasteiger partial charge in [-0.2, -0.15) is 0 Å². The summed E-state index contributed by atoms with van der Waals surface area (Å²) in [5.41, 5.74) is 0. The van der Waals surface area contributed by atoms with Crippen LogP contribution in [0.25, 0.3) is 0 Å². The molecule has 1 atom stereocenters. The summed E-state index contributed by atoms with van der Waals surface area (Å²) < 4.78 is 0. The molecule has 1 unspecified atom stereocenters. The second-order valence-electron chi connectivity index (χ2n) is 2.94. The Bertz CT molecular complexity index is 252. The minimum atomic E-state index is -0.214. The van der Waals surface area contributed by atoms with E-state index < -0.39 is 0 Å². The minimum absolute atomic E-state index is 0.214. The highest BCUT2D eigenvalue weighted by atomic mass is 16.3. The number of hydrogen-bond donors (Lipinski definition) is 1. The third-order valence-corrected chi connectivity index (χ3v) is 2.00. The Morgan fingerprint density at radius 3 is 2.75 bits per heavy atom. The average molecular weight is 165 g/mol. The number of rotatable bonds is 1. The molecule has 4 heteroatoms. The van der Waals surface area contributed by atoms with Crippen LogP contribution in [0.2, 0.25) is 0 Å². The molecule has 1 aliphatic rings. The van der Waals surface area contributed by atoms with Gasteiger partial charge in [0.15, 0.2) is 0 Å². The SMILES string of the molecule is OC1CCN(c2ncccn2)C1. The van der Waals surface area contributed by atoms with E-state index in [4.69, 9.17) is 0 Å². The van der Waals surface area contributed by atoms with Crippen molar-refractivity contribution in [1.29, 1.82) is 0 Å². The average Bonchev–Trinajstić information content (AvgIpc) is 2.54. The van der Waals surface area contributed by atoms with Gasteiger partial charge < -0.3 is 10.0 Å². The smallest absolute Gasteiger partial charge is 0.225 e. The number of nitrogens with zero attached hydrogens (tertiary/aromatic N) is 3. The van der Waals surface area contributed by atoms with Gasteiger partial charge in [-0.15, -0.1) is 0 Å². The van der Waals surface area contributed by atoms with Gasteiger partial charge in [0.05, 0.1) is 6.10 Å². The van der Waals surface area contributed by atoms with Crippen LogP contribution in [-0.2, 0) is 0 Å². The van der Waals surface area contributed by atoms with Gasteiger partial charge in [0.2, 0.25) is 5.95 Å². The van der Waals surface area contributed by atoms with Crippen LogP contribution in [0.5, 0.6) is 0 Å². The number of aliphatic hydroxyl groups excluding tert-OH is 1. The Morgan fingerprint density at radius 1 is 1.42 bits per heavy atom. The van der Waals surface area contributed by atoms with Crippen molar-refractivity contribution in [2.24, 2.45) is 0 Å². The van der Waals surface area contributed by atoms with Gasteiger partial charge in [0.25, 0.3) is 0 Å². The first-order valence-electron chi connectivity index (χ1n) is 4.06. The van der Waals surface area contributed by atoms with E-state index in [1.165, 1.54) is 0 Å². The first-order chi connectivity index (χ1) is 5.86. The van der Waals surface area contributed by atoms with Crippen LogP contribution >= 0.6 is 0 Å². The molecule has 0 radical (unpaired) electrons. The van der Waals surface area contributed by atoms with E-state index in [0.29, 0.717) is 12.5 Å². The van der Waals surface area contributed by atoms with E-state index in [1.807, 2.05) is 4.90 Å². The topological polar surface area (TPSA) is 49.2 Å². The largest absolute Gasteiger partial charge is 0.391 e. The normalized spacial score (nSPS) is 23.1. The van der Waals surface area contributed by atoms with Crippen LogP contribution in [-0.4, -0.2) is 34.3 Å². The fourth-order valence-corrected chi connectivity index (χ4v) is 1.38. The van der Waals surface area contributed by atoms with Gasteiger partial charge in [-0.3, -0.25) is 0 Å². The summed E-state index contributed by atoms with van der Waals surface area (Å²) in [4.78, 5) is 10.2. The highest BCUT2D eigenvalue weighted by Gasteiger charge is 2.21. The van der Waals surface area contributed by atoms with Crippen molar-refractivity contribution >= 4 is 5.95 Å². The van der Waals surface area contributed by atoms with E-state index in [1.54, 1.807) is 18.5 Å². The van der Waals surface area contributed by atoms with Gasteiger partial charge in [0.1, 0.15) is 0 Å². The molecular formula is C8H11N3O. The summed E-state index contributed by atoms with van der Waals surface area (Å²) in [5, 5.41) is 9.26. The Labute approximate surface area is 70.9 Å². The third-order valence-electron chi connectivity index (χ3n) is 2.00. The molecule has 1 N–H and O–H groups in total. The van der Waals surface area contributed by atoms with Crippen molar-refractivity contribution in [1.82, 2.24) is 9.97 Å². The maximum atomic E-state index is 9.26. The van der Waals surface area contributed by atoms with E-state index in [-0.39, 0.29) is 6.10 Å². The first kappa shape index (κ1) is 7.49. The van der Waals surface area contributed by atoms with Crippen LogP contribution in [0.3, 0.4) is 0 Å². The number of hydrogen-bond acceptors (Lipinski definition) is 4. The molecule has 4 nitrogen and oxygen atoms in total. The molecule has 12 heavy (non-hydrogen) atoms. The molecule has 1 saturated heterocycles. The van der Waals surface area contributed by atoms with Crippen molar-refractivity contribution < 1.29 is 5.11 Å². The molecule has 2 rings (SSSR count). The summed E-state index contributed by atoms with van der Waals surface area (Å²) in [6.07, 6.45) is 4.03. The standard InChI is InChI=1S/C8H11N3O/c12-7-2-5-11(6-7)8-9-3-1-4-10-8/h1,3-4,7,12H,2,5-6H2. The molecule has 0 aliphatic carbocycles. The Morgan fingerprint density at radius 2 is 2.17 bits per heavy atom. The van der Waals surface area contributed by atoms with E-state index in [0.717, 1.165) is 13.0 Å². The lowest BCUT2D eigenvalue weighted by Crippen LogP contribution is -2.22. The van der Waals surface area contributed by atoms with Crippen LogP contribution in [0.4, 0.5) is 5.95 Å². The van der Waals surface area contributed by atoms with Crippen molar-refractivity contribution in [3.05, 3.63) is 18.5 Å². The fraction of sp³-hybridized carbons (Fsp3) is 0.500. The quantitative estimate of drug-likeness (QED) is 0.638. The Hall–Kier alpha value is -1.16. The van der Waals surface area contributed by atoms with E-state index >= 15 is 0 Å². The Balaban J connectivity index is 2.11. The number of β-amino-alcohol motifs (C(OH)–C–C–N with tert-alkyl or cyclic N) is 1. The van der Waals surface area contributed by atoms with Crippen LogP contribution in [0.1, 0.15) is 6.42 Å². The van der Waals surface area contributed by atoms with Gasteiger partial charge in [0, 0.05) is 25.5 Å². The molecule has 0 spiro atoms. The summed E-state index contributed by atoms with van der Waals surface area (Å²) in [6, 6.07) is 1.79. The molecule has 0 bridgehead atoms. The predicted molar refractivity (Wildman–Crippen MR) is 44.9 cm³/mol. The van der Waals surface area contributed by atoms with E-state index in [2.05, 4.69) is 9.97 Å². The fourth-order valence-electron chi connectivity index (χ4n) is 1.38. The molecular weight excluding hydrogens is 154 g/mol. The zero-order chi connectivity index (χ0) is 8.39. The van der Waals surface area contributed by atoms with Gasteiger partial charge in [-0.05, 0) is 12.5 Å². The Kier molecular flexibility index (Phi) is 1.91. The van der Waals surface area contributed by atoms with Crippen LogP contribution < -0.4 is 4.90 Å². The molecule has 64 valence electrons. The lowest BCUT2D eigenvalue weighted by Gasteiger charge is -2.13. The zero-order valence-electron chi connectivity index (χ0n) is 6.72. The maximum absolute atomic E-state index is 9.26. The summed E-state index contributed by atoms with van der Waals surface area (Å²) in [6.45, 7) is 1.51. The number of aliphatic hydroxyl groups is 1. The molecule has 1 aliphatic heterocycles. The lowest BCUT2D eigenvalue weighted by molar-refractivity contribution is 0.198. The minimum Gasteiger partial charge on any atom is -0.391 e. The molecule has 0 amide bonds. The lowest BCUT2D eigenvalue weighted by atomic mass is 10.3. The van der Waals surface area contributed by atoms with Crippen LogP contribution in [0, 0.1) is 0 Å². The third kappa shape index (κ3) is 1.38. The van der Waals surface area contributed by atoms with Crippen molar-refractivity contribution in [3.8, 4) is 0 Å². The summed E-state index contributed by atoms with van der Waals surface area (Å²) in [5.74, 6) is 0.717. The second kappa shape index (κ2) is 3.06. The maximum Gasteiger partial charge on any atom is 0.225 e. The molecule has 2 heterocycles. The highest BCUT2D eigenvalue weighted by Crippen LogP contribution is 2.14. The predicted octanol–water partition coefficient (Wildman–Crippen LogP) is 0.0476. The monoisotopic (exact) mass is 165 g/mol. The molecule has 0 aromatic carbocycles. The van der Waals surface area contributed by atoms with Crippen molar-refractivity contribution in [2.45, 2.75) is 12.5 Å². The second-order valence-corrected chi connectivity index (χ2v) is 2.94. The molecule has 0 saturated carbocycles. The van der Waals surface area contributed by atoms with Gasteiger partial charge in [-0.25, -0.2) is 9.97 Å². The summed E-state index contributed by atoms with van der Waals surface area (Å²) in [7, 11) is 0. The highest BCUT2D eigenvalue weighted by molar-refractivity contribution is 5.30. The van der Waals surface area contributed by atoms with Crippen molar-refractivity contribution in [2.75, 3.05) is 18.0 Å². The zero-order valence-corrected chi connectivity index (χ0v) is 6.72. The van der Waals surface area contributed by atoms with Crippen LogP contribution in [0.15, 0.2) is 18.5 Å². The molecule has 1 fully saturated rings.